The van der Waals surface area contributed by atoms with Crippen LogP contribution in [0, 0.1) is 3.57 Å². The van der Waals surface area contributed by atoms with Gasteiger partial charge in [-0.2, -0.15) is 0 Å². The molecule has 0 amide bonds. The summed E-state index contributed by atoms with van der Waals surface area (Å²) in [6.07, 6.45) is -0.408. The van der Waals surface area contributed by atoms with E-state index in [1.807, 2.05) is 105 Å². The van der Waals surface area contributed by atoms with E-state index < -0.39 is 20.6 Å². The molecule has 0 aromatic heterocycles. The topological polar surface area (TPSA) is 36.9 Å². The molecule has 0 aliphatic rings. The summed E-state index contributed by atoms with van der Waals surface area (Å²) < 4.78 is 12.4. The van der Waals surface area contributed by atoms with E-state index in [-0.39, 0.29) is 12.2 Å². The van der Waals surface area contributed by atoms with Crippen LogP contribution in [0.3, 0.4) is 0 Å². The predicted molar refractivity (Wildman–Crippen MR) is 113 cm³/mol. The zero-order valence-corrected chi connectivity index (χ0v) is 17.5. The normalized spacial score (nSPS) is 13.8. The van der Waals surface area contributed by atoms with Crippen LogP contribution in [0.2, 0.25) is 0 Å². The van der Waals surface area contributed by atoms with Crippen molar-refractivity contribution in [1.82, 2.24) is 0 Å². The second-order valence-electron chi connectivity index (χ2n) is 5.94. The van der Waals surface area contributed by atoms with Crippen molar-refractivity contribution < 1.29 is 16.2 Å². The SMILES string of the molecule is C[C@H](OOI(OO[C@@H](C)c1ccccc1)c1ccccc1)c1ccccc1. The molecule has 27 heavy (non-hydrogen) atoms. The van der Waals surface area contributed by atoms with E-state index in [2.05, 4.69) is 0 Å². The van der Waals surface area contributed by atoms with E-state index in [1.54, 1.807) is 0 Å². The van der Waals surface area contributed by atoms with Gasteiger partial charge >= 0.3 is 169 Å². The molecule has 2 atom stereocenters. The summed E-state index contributed by atoms with van der Waals surface area (Å²) in [4.78, 5) is 11.3. The van der Waals surface area contributed by atoms with E-state index in [1.165, 1.54) is 0 Å². The third-order valence-electron chi connectivity index (χ3n) is 3.93. The molecule has 0 saturated heterocycles. The molecule has 0 aliphatic heterocycles. The molecule has 0 fully saturated rings. The summed E-state index contributed by atoms with van der Waals surface area (Å²) in [6.45, 7) is 3.89. The average Bonchev–Trinajstić information content (AvgIpc) is 2.75. The van der Waals surface area contributed by atoms with Gasteiger partial charge in [-0.1, -0.05) is 0 Å². The molecule has 5 heteroatoms. The molecule has 0 spiro atoms. The van der Waals surface area contributed by atoms with Gasteiger partial charge in [-0.3, -0.25) is 0 Å². The Labute approximate surface area is 168 Å². The maximum atomic E-state index is 5.74. The molecule has 0 aliphatic carbocycles. The zero-order valence-electron chi connectivity index (χ0n) is 15.3. The summed E-state index contributed by atoms with van der Waals surface area (Å²) in [5, 5.41) is 0. The third-order valence-corrected chi connectivity index (χ3v) is 6.73. The fourth-order valence-electron chi connectivity index (χ4n) is 2.34. The van der Waals surface area contributed by atoms with Crippen molar-refractivity contribution in [2.75, 3.05) is 0 Å². The van der Waals surface area contributed by atoms with Gasteiger partial charge in [0.15, 0.2) is 0 Å². The van der Waals surface area contributed by atoms with Gasteiger partial charge in [-0.05, 0) is 0 Å². The van der Waals surface area contributed by atoms with Crippen molar-refractivity contribution in [2.24, 2.45) is 0 Å². The number of rotatable bonds is 9. The number of benzene rings is 3. The van der Waals surface area contributed by atoms with Gasteiger partial charge in [0.1, 0.15) is 0 Å². The van der Waals surface area contributed by atoms with Crippen LogP contribution in [-0.4, -0.2) is 0 Å². The van der Waals surface area contributed by atoms with Crippen LogP contribution in [-0.2, 0) is 16.2 Å². The first-order chi connectivity index (χ1) is 13.2. The van der Waals surface area contributed by atoms with E-state index >= 15 is 0 Å². The Morgan fingerprint density at radius 1 is 0.556 bits per heavy atom. The van der Waals surface area contributed by atoms with Crippen molar-refractivity contribution in [3.05, 3.63) is 106 Å². The summed E-state index contributed by atoms with van der Waals surface area (Å²) in [5.41, 5.74) is 2.08. The molecule has 0 radical (unpaired) electrons. The predicted octanol–water partition coefficient (Wildman–Crippen LogP) is 6.61. The number of hydrogen-bond donors (Lipinski definition) is 0. The van der Waals surface area contributed by atoms with E-state index in [0.717, 1.165) is 14.7 Å². The first-order valence-corrected chi connectivity index (χ1v) is 11.6. The molecule has 0 unspecified atom stereocenters. The van der Waals surface area contributed by atoms with Crippen molar-refractivity contribution in [2.45, 2.75) is 26.1 Å². The minimum absolute atomic E-state index is 0.204. The molecular weight excluding hydrogens is 455 g/mol. The van der Waals surface area contributed by atoms with Crippen LogP contribution >= 0.6 is 20.6 Å². The second-order valence-corrected chi connectivity index (χ2v) is 9.14. The first kappa shape index (κ1) is 20.0. The van der Waals surface area contributed by atoms with Crippen molar-refractivity contribution in [3.8, 4) is 0 Å². The van der Waals surface area contributed by atoms with Crippen LogP contribution in [0.5, 0.6) is 0 Å². The van der Waals surface area contributed by atoms with Crippen LogP contribution in [0.25, 0.3) is 0 Å². The van der Waals surface area contributed by atoms with Gasteiger partial charge in [0.2, 0.25) is 0 Å². The van der Waals surface area contributed by atoms with Crippen LogP contribution in [0.1, 0.15) is 37.2 Å². The molecule has 3 rings (SSSR count). The monoisotopic (exact) mass is 478 g/mol. The molecule has 0 saturated carbocycles. The van der Waals surface area contributed by atoms with E-state index in [9.17, 15) is 0 Å². The average molecular weight is 478 g/mol. The molecule has 0 heterocycles. The summed E-state index contributed by atoms with van der Waals surface area (Å²) >= 11 is -2.60. The Kier molecular flexibility index (Phi) is 7.79. The molecule has 3 aromatic rings. The van der Waals surface area contributed by atoms with Gasteiger partial charge in [-0.25, -0.2) is 0 Å². The molecule has 3 aromatic carbocycles. The summed E-state index contributed by atoms with van der Waals surface area (Å²) in [5.74, 6) is 0. The number of hydrogen-bond acceptors (Lipinski definition) is 4. The van der Waals surface area contributed by atoms with Gasteiger partial charge in [0, 0.05) is 0 Å². The second kappa shape index (κ2) is 10.5. The van der Waals surface area contributed by atoms with Gasteiger partial charge in [-0.15, -0.1) is 0 Å². The Morgan fingerprint density at radius 3 is 1.33 bits per heavy atom. The molecule has 142 valence electrons. The minimum atomic E-state index is -2.60. The van der Waals surface area contributed by atoms with Crippen LogP contribution < -0.4 is 0 Å². The third kappa shape index (κ3) is 6.12. The molecular formula is C22H23IO4. The fourth-order valence-corrected chi connectivity index (χ4v) is 4.81. The molecule has 0 bridgehead atoms. The molecule has 0 N–H and O–H groups in total. The Hall–Kier alpha value is -1.77. The quantitative estimate of drug-likeness (QED) is 0.197. The van der Waals surface area contributed by atoms with Crippen molar-refractivity contribution in [3.63, 3.8) is 0 Å². The van der Waals surface area contributed by atoms with Gasteiger partial charge < -0.3 is 0 Å². The van der Waals surface area contributed by atoms with Crippen molar-refractivity contribution >= 4 is 20.6 Å². The zero-order chi connectivity index (χ0) is 18.9. The summed E-state index contributed by atoms with van der Waals surface area (Å²) in [7, 11) is 0. The van der Waals surface area contributed by atoms with E-state index in [4.69, 9.17) is 16.2 Å². The standard InChI is InChI=1S/C22H23IO4/c1-18(20-12-6-3-7-13-20)24-26-23(22-16-10-5-11-17-22)27-25-19(2)21-14-8-4-9-15-21/h3-19H,1-2H3/t18-,19-/m0/s1. The summed E-state index contributed by atoms with van der Waals surface area (Å²) in [6, 6.07) is 29.7. The molecule has 4 nitrogen and oxygen atoms in total. The Bertz CT molecular complexity index is 734. The van der Waals surface area contributed by atoms with E-state index in [0.29, 0.717) is 0 Å². The first-order valence-electron chi connectivity index (χ1n) is 8.77. The fraction of sp³-hybridized carbons (Fsp3) is 0.182. The maximum absolute atomic E-state index is 5.74. The van der Waals surface area contributed by atoms with Gasteiger partial charge in [0.25, 0.3) is 0 Å². The van der Waals surface area contributed by atoms with Crippen LogP contribution in [0.15, 0.2) is 91.0 Å². The number of halogens is 1. The Balaban J connectivity index is 1.63. The van der Waals surface area contributed by atoms with Crippen molar-refractivity contribution in [1.29, 1.82) is 0 Å². The van der Waals surface area contributed by atoms with Gasteiger partial charge in [0.05, 0.1) is 0 Å². The Morgan fingerprint density at radius 2 is 0.926 bits per heavy atom. The van der Waals surface area contributed by atoms with Crippen LogP contribution in [0.4, 0.5) is 0 Å².